The normalized spacial score (nSPS) is 11.7. The van der Waals surface area contributed by atoms with Crippen molar-refractivity contribution in [2.24, 2.45) is 0 Å². The van der Waals surface area contributed by atoms with E-state index >= 15 is 0 Å². The average molecular weight is 513 g/mol. The zero-order valence-corrected chi connectivity index (χ0v) is 20.4. The molecular weight excluding hydrogens is 491 g/mol. The Kier molecular flexibility index (Phi) is 7.01. The van der Waals surface area contributed by atoms with Crippen LogP contribution in [0.5, 0.6) is 0 Å². The minimum absolute atomic E-state index is 0.0383. The van der Waals surface area contributed by atoms with E-state index in [1.165, 1.54) is 56.6 Å². The molecule has 180 valence electrons. The summed E-state index contributed by atoms with van der Waals surface area (Å²) in [5.74, 6) is -1.11. The van der Waals surface area contributed by atoms with Crippen LogP contribution in [-0.2, 0) is 14.8 Å². The smallest absolute Gasteiger partial charge is 0.266 e. The van der Waals surface area contributed by atoms with Crippen LogP contribution in [0.25, 0.3) is 16.6 Å². The van der Waals surface area contributed by atoms with Crippen LogP contribution >= 0.6 is 11.8 Å². The topological polar surface area (TPSA) is 101 Å². The molecule has 0 saturated carbocycles. The van der Waals surface area contributed by atoms with Gasteiger partial charge >= 0.3 is 0 Å². The number of fused-ring (bicyclic) bond motifs is 1. The van der Waals surface area contributed by atoms with Crippen molar-refractivity contribution in [2.75, 3.05) is 25.2 Å². The number of anilines is 1. The van der Waals surface area contributed by atoms with Gasteiger partial charge in [-0.05, 0) is 48.5 Å². The van der Waals surface area contributed by atoms with Gasteiger partial charge in [-0.25, -0.2) is 22.1 Å². The van der Waals surface area contributed by atoms with Crippen LogP contribution in [0.1, 0.15) is 0 Å². The van der Waals surface area contributed by atoms with Crippen LogP contribution in [0.3, 0.4) is 0 Å². The summed E-state index contributed by atoms with van der Waals surface area (Å²) in [6.07, 6.45) is 0. The highest BCUT2D eigenvalue weighted by atomic mass is 32.2. The third-order valence-electron chi connectivity index (χ3n) is 5.09. The number of hydrogen-bond acceptors (Lipinski definition) is 6. The van der Waals surface area contributed by atoms with Gasteiger partial charge in [0, 0.05) is 19.8 Å². The Morgan fingerprint density at radius 1 is 1.03 bits per heavy atom. The SMILES string of the molecule is CN(C)S(=O)(=O)c1ccc(NC(=O)CSc2nc3ccccc3c(=O)n2-c2ccccc2F)cc1. The molecule has 1 aromatic heterocycles. The minimum Gasteiger partial charge on any atom is -0.325 e. The summed E-state index contributed by atoms with van der Waals surface area (Å²) in [5.41, 5.74) is 0.439. The highest BCUT2D eigenvalue weighted by Crippen LogP contribution is 2.23. The van der Waals surface area contributed by atoms with Crippen molar-refractivity contribution in [2.45, 2.75) is 10.1 Å². The molecule has 0 aliphatic carbocycles. The van der Waals surface area contributed by atoms with Gasteiger partial charge in [-0.1, -0.05) is 36.0 Å². The number of nitrogens with one attached hydrogen (secondary N) is 1. The second kappa shape index (κ2) is 9.98. The van der Waals surface area contributed by atoms with Gasteiger partial charge in [-0.2, -0.15) is 0 Å². The van der Waals surface area contributed by atoms with Crippen LogP contribution in [0.2, 0.25) is 0 Å². The van der Waals surface area contributed by atoms with Crippen LogP contribution in [0.4, 0.5) is 10.1 Å². The second-order valence-corrected chi connectivity index (χ2v) is 10.7. The zero-order chi connectivity index (χ0) is 25.2. The molecule has 0 radical (unpaired) electrons. The molecule has 0 saturated heterocycles. The summed E-state index contributed by atoms with van der Waals surface area (Å²) in [6.45, 7) is 0. The van der Waals surface area contributed by atoms with Crippen LogP contribution in [-0.4, -0.2) is 48.0 Å². The molecular formula is C24H21FN4O4S2. The Bertz CT molecular complexity index is 1570. The molecule has 0 aliphatic heterocycles. The molecule has 1 heterocycles. The number of para-hydroxylation sites is 2. The number of sulfonamides is 1. The molecule has 8 nitrogen and oxygen atoms in total. The number of rotatable bonds is 7. The molecule has 0 aliphatic rings. The quantitative estimate of drug-likeness (QED) is 0.300. The molecule has 1 amide bonds. The third kappa shape index (κ3) is 5.11. The Labute approximate surface area is 205 Å². The lowest BCUT2D eigenvalue weighted by Crippen LogP contribution is -2.23. The van der Waals surface area contributed by atoms with E-state index in [9.17, 15) is 22.4 Å². The minimum atomic E-state index is -3.58. The van der Waals surface area contributed by atoms with Gasteiger partial charge in [0.2, 0.25) is 15.9 Å². The molecule has 4 aromatic rings. The number of aromatic nitrogens is 2. The van der Waals surface area contributed by atoms with Gasteiger partial charge in [0.15, 0.2) is 5.16 Å². The molecule has 0 unspecified atom stereocenters. The van der Waals surface area contributed by atoms with Crippen molar-refractivity contribution in [3.63, 3.8) is 0 Å². The fourth-order valence-electron chi connectivity index (χ4n) is 3.30. The van der Waals surface area contributed by atoms with E-state index < -0.39 is 27.3 Å². The van der Waals surface area contributed by atoms with Gasteiger partial charge in [0.25, 0.3) is 5.56 Å². The van der Waals surface area contributed by atoms with Gasteiger partial charge in [0.05, 0.1) is 27.2 Å². The lowest BCUT2D eigenvalue weighted by molar-refractivity contribution is -0.113. The summed E-state index contributed by atoms with van der Waals surface area (Å²) in [6, 6.07) is 18.4. The third-order valence-corrected chi connectivity index (χ3v) is 7.86. The fourth-order valence-corrected chi connectivity index (χ4v) is 5.01. The standard InChI is InChI=1S/C24H21FN4O4S2/c1-28(2)35(32,33)17-13-11-16(12-14-17)26-22(30)15-34-24-27-20-9-5-3-7-18(20)23(31)29(24)21-10-6-4-8-19(21)25/h3-14H,15H2,1-2H3,(H,26,30). The van der Waals surface area contributed by atoms with E-state index in [2.05, 4.69) is 10.3 Å². The van der Waals surface area contributed by atoms with Gasteiger partial charge in [-0.3, -0.25) is 14.2 Å². The Morgan fingerprint density at radius 3 is 2.37 bits per heavy atom. The first-order chi connectivity index (χ1) is 16.7. The summed E-state index contributed by atoms with van der Waals surface area (Å²) in [5, 5.41) is 3.18. The maximum absolute atomic E-state index is 14.6. The predicted molar refractivity (Wildman–Crippen MR) is 134 cm³/mol. The van der Waals surface area contributed by atoms with Crippen molar-refractivity contribution in [1.82, 2.24) is 13.9 Å². The van der Waals surface area contributed by atoms with Crippen molar-refractivity contribution < 1.29 is 17.6 Å². The molecule has 35 heavy (non-hydrogen) atoms. The molecule has 0 fully saturated rings. The maximum Gasteiger partial charge on any atom is 0.266 e. The Morgan fingerprint density at radius 2 is 1.69 bits per heavy atom. The first-order valence-corrected chi connectivity index (χ1v) is 12.8. The van der Waals surface area contributed by atoms with E-state index in [-0.39, 0.29) is 21.5 Å². The molecule has 0 bridgehead atoms. The molecule has 4 rings (SSSR count). The Hall–Kier alpha value is -3.54. The van der Waals surface area contributed by atoms with Crippen molar-refractivity contribution in [3.05, 3.63) is 89.0 Å². The number of carbonyl (C=O) groups is 1. The molecule has 3 aromatic carbocycles. The number of benzene rings is 3. The first kappa shape index (κ1) is 24.6. The maximum atomic E-state index is 14.6. The largest absolute Gasteiger partial charge is 0.325 e. The van der Waals surface area contributed by atoms with Crippen molar-refractivity contribution in [3.8, 4) is 5.69 Å². The lowest BCUT2D eigenvalue weighted by Gasteiger charge is -2.14. The van der Waals surface area contributed by atoms with Gasteiger partial charge in [-0.15, -0.1) is 0 Å². The number of halogens is 1. The lowest BCUT2D eigenvalue weighted by atomic mass is 10.2. The van der Waals surface area contributed by atoms with Gasteiger partial charge in [0.1, 0.15) is 5.82 Å². The number of hydrogen-bond donors (Lipinski definition) is 1. The fraction of sp³-hybridized carbons (Fsp3) is 0.125. The van der Waals surface area contributed by atoms with Crippen LogP contribution < -0.4 is 10.9 Å². The number of carbonyl (C=O) groups excluding carboxylic acids is 1. The van der Waals surface area contributed by atoms with Crippen molar-refractivity contribution in [1.29, 1.82) is 0 Å². The molecule has 0 atom stereocenters. The van der Waals surface area contributed by atoms with E-state index in [0.717, 1.165) is 20.6 Å². The summed E-state index contributed by atoms with van der Waals surface area (Å²) < 4.78 is 41.2. The summed E-state index contributed by atoms with van der Waals surface area (Å²) in [7, 11) is -0.711. The summed E-state index contributed by atoms with van der Waals surface area (Å²) in [4.78, 5) is 30.4. The first-order valence-electron chi connectivity index (χ1n) is 10.4. The molecule has 1 N–H and O–H groups in total. The second-order valence-electron chi connectivity index (χ2n) is 7.65. The van der Waals surface area contributed by atoms with E-state index in [1.54, 1.807) is 30.3 Å². The molecule has 11 heteroatoms. The zero-order valence-electron chi connectivity index (χ0n) is 18.8. The average Bonchev–Trinajstić information content (AvgIpc) is 2.84. The van der Waals surface area contributed by atoms with E-state index in [4.69, 9.17) is 0 Å². The predicted octanol–water partition coefficient (Wildman–Crippen LogP) is 3.51. The highest BCUT2D eigenvalue weighted by Gasteiger charge is 2.18. The highest BCUT2D eigenvalue weighted by molar-refractivity contribution is 7.99. The Balaban J connectivity index is 1.58. The monoisotopic (exact) mass is 512 g/mol. The van der Waals surface area contributed by atoms with E-state index in [1.807, 2.05) is 0 Å². The van der Waals surface area contributed by atoms with Crippen molar-refractivity contribution >= 4 is 44.3 Å². The number of thioether (sulfide) groups is 1. The summed E-state index contributed by atoms with van der Waals surface area (Å²) >= 11 is 0.989. The van der Waals surface area contributed by atoms with Gasteiger partial charge < -0.3 is 5.32 Å². The molecule has 0 spiro atoms. The number of nitrogens with zero attached hydrogens (tertiary/aromatic N) is 3. The van der Waals surface area contributed by atoms with Crippen LogP contribution in [0.15, 0.2) is 87.6 Å². The van der Waals surface area contributed by atoms with Crippen LogP contribution in [0, 0.1) is 5.82 Å². The number of amides is 1. The van der Waals surface area contributed by atoms with E-state index in [0.29, 0.717) is 16.6 Å².